The van der Waals surface area contributed by atoms with Crippen LogP contribution in [0, 0.1) is 0 Å². The first-order chi connectivity index (χ1) is 12.3. The van der Waals surface area contributed by atoms with Crippen LogP contribution >= 0.6 is 11.3 Å². The molecule has 0 radical (unpaired) electrons. The van der Waals surface area contributed by atoms with Crippen LogP contribution in [0.25, 0.3) is 0 Å². The highest BCUT2D eigenvalue weighted by atomic mass is 32.1. The molecule has 1 aromatic heterocycles. The lowest BCUT2D eigenvalue weighted by atomic mass is 10.2. The Morgan fingerprint density at radius 1 is 1.46 bits per heavy atom. The van der Waals surface area contributed by atoms with Crippen molar-refractivity contribution in [3.63, 3.8) is 0 Å². The third kappa shape index (κ3) is 8.16. The van der Waals surface area contributed by atoms with Gasteiger partial charge in [0.25, 0.3) is 0 Å². The lowest BCUT2D eigenvalue weighted by Crippen LogP contribution is -2.09. The molecule has 1 heterocycles. The van der Waals surface area contributed by atoms with Crippen LogP contribution in [-0.2, 0) is 4.74 Å². The van der Waals surface area contributed by atoms with Gasteiger partial charge in [0.2, 0.25) is 0 Å². The fourth-order valence-corrected chi connectivity index (χ4v) is 2.78. The standard InChI is InChI=1S/C20H29N3O2S/c1-7-19(24)15(4)9-8-10-18(25-6)11-16(5)21-12-17-13-26-20(23-17)22-14(2)3/h7-9,11-14,16,24H,4,10H2,1-3,5-6H3,(H,22,23)/b9-8-,18-11+,19-7+,21-12?. The number of aliphatic imine (C=N–C) groups is 1. The normalized spacial score (nSPS) is 14.4. The zero-order valence-corrected chi connectivity index (χ0v) is 17.0. The van der Waals surface area contributed by atoms with Crippen molar-refractivity contribution in [2.45, 2.75) is 46.2 Å². The van der Waals surface area contributed by atoms with Gasteiger partial charge in [0.1, 0.15) is 5.76 Å². The molecular formula is C20H29N3O2S. The van der Waals surface area contributed by atoms with Crippen LogP contribution in [-0.4, -0.2) is 35.5 Å². The molecule has 0 aliphatic carbocycles. The molecule has 0 aromatic carbocycles. The number of thiazole rings is 1. The number of anilines is 1. The Kier molecular flexibility index (Phi) is 9.44. The first-order valence-electron chi connectivity index (χ1n) is 8.56. The molecule has 1 atom stereocenters. The molecule has 0 saturated carbocycles. The van der Waals surface area contributed by atoms with Crippen molar-refractivity contribution in [1.29, 1.82) is 0 Å². The molecular weight excluding hydrogens is 346 g/mol. The summed E-state index contributed by atoms with van der Waals surface area (Å²) in [6.45, 7) is 11.7. The number of ether oxygens (including phenoxy) is 1. The van der Waals surface area contributed by atoms with Gasteiger partial charge in [-0.3, -0.25) is 4.99 Å². The van der Waals surface area contributed by atoms with Crippen molar-refractivity contribution >= 4 is 22.7 Å². The van der Waals surface area contributed by atoms with E-state index < -0.39 is 0 Å². The summed E-state index contributed by atoms with van der Waals surface area (Å²) < 4.78 is 5.40. The number of nitrogens with one attached hydrogen (secondary N) is 1. The van der Waals surface area contributed by atoms with Crippen LogP contribution in [0.3, 0.4) is 0 Å². The zero-order valence-electron chi connectivity index (χ0n) is 16.2. The number of aliphatic hydroxyl groups excluding tert-OH is 1. The molecule has 142 valence electrons. The van der Waals surface area contributed by atoms with Crippen LogP contribution in [0.15, 0.2) is 58.3 Å². The van der Waals surface area contributed by atoms with E-state index in [4.69, 9.17) is 4.74 Å². The third-order valence-corrected chi connectivity index (χ3v) is 4.10. The van der Waals surface area contributed by atoms with E-state index in [1.807, 2.05) is 24.5 Å². The fraction of sp³-hybridized carbons (Fsp3) is 0.400. The number of hydrogen-bond acceptors (Lipinski definition) is 6. The van der Waals surface area contributed by atoms with Crippen LogP contribution in [0.1, 0.15) is 39.8 Å². The summed E-state index contributed by atoms with van der Waals surface area (Å²) in [6, 6.07) is 0.324. The monoisotopic (exact) mass is 375 g/mol. The maximum atomic E-state index is 9.56. The van der Waals surface area contributed by atoms with E-state index in [1.165, 1.54) is 0 Å². The van der Waals surface area contributed by atoms with Crippen molar-refractivity contribution in [2.24, 2.45) is 4.99 Å². The molecule has 6 heteroatoms. The van der Waals surface area contributed by atoms with E-state index in [1.54, 1.807) is 43.7 Å². The highest BCUT2D eigenvalue weighted by molar-refractivity contribution is 7.13. The van der Waals surface area contributed by atoms with Crippen molar-refractivity contribution in [3.8, 4) is 0 Å². The third-order valence-electron chi connectivity index (χ3n) is 3.31. The maximum Gasteiger partial charge on any atom is 0.183 e. The Labute approximate surface area is 160 Å². The fourth-order valence-electron chi connectivity index (χ4n) is 1.97. The van der Waals surface area contributed by atoms with Gasteiger partial charge in [0.05, 0.1) is 24.6 Å². The predicted molar refractivity (Wildman–Crippen MR) is 112 cm³/mol. The van der Waals surface area contributed by atoms with Crippen molar-refractivity contribution in [2.75, 3.05) is 12.4 Å². The molecule has 0 fully saturated rings. The average Bonchev–Trinajstić information content (AvgIpc) is 3.04. The van der Waals surface area contributed by atoms with Crippen molar-refractivity contribution in [3.05, 3.63) is 59.0 Å². The molecule has 1 rings (SSSR count). The lowest BCUT2D eigenvalue weighted by Gasteiger charge is -2.06. The molecule has 0 saturated heterocycles. The highest BCUT2D eigenvalue weighted by Gasteiger charge is 2.03. The molecule has 2 N–H and O–H groups in total. The summed E-state index contributed by atoms with van der Waals surface area (Å²) in [7, 11) is 1.64. The maximum absolute atomic E-state index is 9.56. The van der Waals surface area contributed by atoms with Gasteiger partial charge < -0.3 is 15.2 Å². The molecule has 0 bridgehead atoms. The van der Waals surface area contributed by atoms with E-state index in [0.717, 1.165) is 16.6 Å². The van der Waals surface area contributed by atoms with Crippen LogP contribution in [0.5, 0.6) is 0 Å². The average molecular weight is 376 g/mol. The Morgan fingerprint density at radius 2 is 2.19 bits per heavy atom. The minimum atomic E-state index is -0.0336. The Bertz CT molecular complexity index is 700. The first-order valence-corrected chi connectivity index (χ1v) is 9.44. The number of nitrogens with zero attached hydrogens (tertiary/aromatic N) is 2. The number of methoxy groups -OCH3 is 1. The second kappa shape index (κ2) is 11.3. The molecule has 0 amide bonds. The summed E-state index contributed by atoms with van der Waals surface area (Å²) in [4.78, 5) is 8.98. The second-order valence-corrected chi connectivity index (χ2v) is 6.90. The summed E-state index contributed by atoms with van der Waals surface area (Å²) in [5, 5.41) is 15.7. The van der Waals surface area contributed by atoms with E-state index >= 15 is 0 Å². The second-order valence-electron chi connectivity index (χ2n) is 6.04. The summed E-state index contributed by atoms with van der Waals surface area (Å²) in [5.74, 6) is 0.982. The van der Waals surface area contributed by atoms with Gasteiger partial charge in [0, 0.05) is 29.6 Å². The molecule has 5 nitrogen and oxygen atoms in total. The molecule has 1 aromatic rings. The minimum absolute atomic E-state index is 0.0336. The lowest BCUT2D eigenvalue weighted by molar-refractivity contribution is 0.282. The van der Waals surface area contributed by atoms with Gasteiger partial charge in [-0.1, -0.05) is 18.7 Å². The predicted octanol–water partition coefficient (Wildman–Crippen LogP) is 5.27. The van der Waals surface area contributed by atoms with Crippen molar-refractivity contribution < 1.29 is 9.84 Å². The SMILES string of the molecule is C=C(/C=C\C/C(=C\C(C)N=Cc1csc(NC(C)C)n1)OC)/C(O)=C\C. The number of hydrogen-bond donors (Lipinski definition) is 2. The molecule has 26 heavy (non-hydrogen) atoms. The van der Waals surface area contributed by atoms with Gasteiger partial charge in [-0.2, -0.15) is 0 Å². The highest BCUT2D eigenvalue weighted by Crippen LogP contribution is 2.15. The van der Waals surface area contributed by atoms with Gasteiger partial charge in [-0.25, -0.2) is 4.98 Å². The van der Waals surface area contributed by atoms with Crippen molar-refractivity contribution in [1.82, 2.24) is 4.98 Å². The number of aromatic nitrogens is 1. The van der Waals surface area contributed by atoms with Gasteiger partial charge in [-0.05, 0) is 39.8 Å². The minimum Gasteiger partial charge on any atom is -0.508 e. The molecule has 0 spiro atoms. The van der Waals surface area contributed by atoms with E-state index in [9.17, 15) is 5.11 Å². The largest absolute Gasteiger partial charge is 0.508 e. The van der Waals surface area contributed by atoms with E-state index in [-0.39, 0.29) is 11.8 Å². The molecule has 0 aliphatic rings. The topological polar surface area (TPSA) is 66.7 Å². The number of rotatable bonds is 10. The van der Waals surface area contributed by atoms with Gasteiger partial charge in [-0.15, -0.1) is 11.3 Å². The van der Waals surface area contributed by atoms with Crippen LogP contribution in [0.2, 0.25) is 0 Å². The van der Waals surface area contributed by atoms with E-state index in [0.29, 0.717) is 18.0 Å². The Morgan fingerprint density at radius 3 is 2.81 bits per heavy atom. The van der Waals surface area contributed by atoms with Crippen LogP contribution in [0.4, 0.5) is 5.13 Å². The van der Waals surface area contributed by atoms with Gasteiger partial charge in [0.15, 0.2) is 5.13 Å². The van der Waals surface area contributed by atoms with E-state index in [2.05, 4.69) is 35.7 Å². The Hall–Kier alpha value is -2.34. The zero-order chi connectivity index (χ0) is 19.5. The quantitative estimate of drug-likeness (QED) is 0.332. The first kappa shape index (κ1) is 21.7. The summed E-state index contributed by atoms with van der Waals surface area (Å²) in [5.41, 5.74) is 1.42. The molecule has 1 unspecified atom stereocenters. The Balaban J connectivity index is 2.63. The smallest absolute Gasteiger partial charge is 0.183 e. The summed E-state index contributed by atoms with van der Waals surface area (Å²) in [6.07, 6.45) is 9.62. The van der Waals surface area contributed by atoms with Gasteiger partial charge >= 0.3 is 0 Å². The number of aliphatic hydroxyl groups is 1. The number of allylic oxidation sites excluding steroid dienone is 3. The summed E-state index contributed by atoms with van der Waals surface area (Å²) >= 11 is 1.57. The molecule has 0 aliphatic heterocycles. The van der Waals surface area contributed by atoms with Crippen LogP contribution < -0.4 is 5.32 Å².